The minimum Gasteiger partial charge on any atom is -0.258 e. The average Bonchev–Trinajstić information content (AvgIpc) is 2.98. The second kappa shape index (κ2) is 7.57. The highest BCUT2D eigenvalue weighted by atomic mass is 32.1. The zero-order chi connectivity index (χ0) is 17.8. The van der Waals surface area contributed by atoms with Gasteiger partial charge in [-0.3, -0.25) is 4.99 Å². The van der Waals surface area contributed by atoms with E-state index in [4.69, 9.17) is 0 Å². The van der Waals surface area contributed by atoms with E-state index in [0.29, 0.717) is 6.54 Å². The van der Waals surface area contributed by atoms with Gasteiger partial charge in [0.25, 0.3) is 0 Å². The monoisotopic (exact) mass is 353 g/mol. The third kappa shape index (κ3) is 3.94. The molecule has 0 unspecified atom stereocenters. The number of hydrogen-bond acceptors (Lipinski definition) is 3. The number of nitrogens with zero attached hydrogens (tertiary/aromatic N) is 3. The molecule has 0 N–H and O–H groups in total. The van der Waals surface area contributed by atoms with Gasteiger partial charge in [-0.15, -0.1) is 11.3 Å². The number of hydrogen-bond donors (Lipinski definition) is 0. The van der Waals surface area contributed by atoms with Crippen molar-refractivity contribution in [2.24, 2.45) is 10.1 Å². The van der Waals surface area contributed by atoms with E-state index in [9.17, 15) is 4.39 Å². The number of thiazole rings is 1. The molecule has 0 aliphatic rings. The van der Waals surface area contributed by atoms with Crippen molar-refractivity contribution in [2.75, 3.05) is 6.54 Å². The third-order valence-electron chi connectivity index (χ3n) is 3.86. The minimum atomic E-state index is -0.247. The highest BCUT2D eigenvalue weighted by molar-refractivity contribution is 7.07. The Morgan fingerprint density at radius 2 is 1.88 bits per heavy atom. The van der Waals surface area contributed by atoms with Gasteiger partial charge >= 0.3 is 0 Å². The lowest BCUT2D eigenvalue weighted by Gasteiger charge is -2.05. The highest BCUT2D eigenvalue weighted by Gasteiger charge is 2.07. The van der Waals surface area contributed by atoms with E-state index < -0.39 is 0 Å². The Bertz CT molecular complexity index is 965. The van der Waals surface area contributed by atoms with Gasteiger partial charge in [-0.1, -0.05) is 23.8 Å². The number of benzene rings is 2. The van der Waals surface area contributed by atoms with Crippen LogP contribution in [0.3, 0.4) is 0 Å². The van der Waals surface area contributed by atoms with Crippen LogP contribution in [0.15, 0.2) is 57.9 Å². The summed E-state index contributed by atoms with van der Waals surface area (Å²) in [7, 11) is 0. The molecule has 25 heavy (non-hydrogen) atoms. The molecule has 1 aromatic heterocycles. The Labute approximate surface area is 150 Å². The first-order valence-corrected chi connectivity index (χ1v) is 9.05. The molecule has 0 radical (unpaired) electrons. The maximum absolute atomic E-state index is 13.2. The minimum absolute atomic E-state index is 0.247. The van der Waals surface area contributed by atoms with Gasteiger partial charge in [-0.25, -0.2) is 9.07 Å². The van der Waals surface area contributed by atoms with Gasteiger partial charge in [0.2, 0.25) is 4.80 Å². The van der Waals surface area contributed by atoms with Crippen LogP contribution < -0.4 is 4.80 Å². The Kier molecular flexibility index (Phi) is 5.24. The van der Waals surface area contributed by atoms with Gasteiger partial charge in [0.15, 0.2) is 0 Å². The first-order valence-electron chi connectivity index (χ1n) is 8.17. The van der Waals surface area contributed by atoms with E-state index >= 15 is 0 Å². The lowest BCUT2D eigenvalue weighted by molar-refractivity contribution is 0.628. The summed E-state index contributed by atoms with van der Waals surface area (Å²) < 4.78 is 15.0. The summed E-state index contributed by atoms with van der Waals surface area (Å²) in [5.74, 6) is -0.247. The van der Waals surface area contributed by atoms with Crippen LogP contribution in [0.5, 0.6) is 0 Å². The van der Waals surface area contributed by atoms with Crippen molar-refractivity contribution in [3.63, 3.8) is 0 Å². The van der Waals surface area contributed by atoms with E-state index in [2.05, 4.69) is 42.1 Å². The van der Waals surface area contributed by atoms with Crippen LogP contribution in [0.4, 0.5) is 4.39 Å². The Hall–Kier alpha value is -2.53. The summed E-state index contributed by atoms with van der Waals surface area (Å²) in [6.45, 7) is 6.83. The van der Waals surface area contributed by atoms with Crippen molar-refractivity contribution >= 4 is 17.6 Å². The molecular formula is C20H20FN3S. The highest BCUT2D eigenvalue weighted by Crippen LogP contribution is 2.20. The van der Waals surface area contributed by atoms with Gasteiger partial charge in [-0.2, -0.15) is 5.10 Å². The smallest absolute Gasteiger partial charge is 0.206 e. The van der Waals surface area contributed by atoms with Crippen LogP contribution in [0.25, 0.3) is 11.3 Å². The molecule has 0 saturated heterocycles. The van der Waals surface area contributed by atoms with Crippen molar-refractivity contribution < 1.29 is 4.39 Å². The van der Waals surface area contributed by atoms with Crippen molar-refractivity contribution in [2.45, 2.75) is 20.8 Å². The molecule has 0 amide bonds. The summed E-state index contributed by atoms with van der Waals surface area (Å²) >= 11 is 1.53. The molecule has 0 bridgehead atoms. The van der Waals surface area contributed by atoms with Crippen LogP contribution in [0.2, 0.25) is 0 Å². The van der Waals surface area contributed by atoms with Crippen LogP contribution in [0, 0.1) is 19.7 Å². The molecule has 0 aliphatic heterocycles. The molecule has 0 spiro atoms. The lowest BCUT2D eigenvalue weighted by atomic mass is 10.1. The Morgan fingerprint density at radius 3 is 2.56 bits per heavy atom. The zero-order valence-electron chi connectivity index (χ0n) is 14.5. The van der Waals surface area contributed by atoms with Gasteiger partial charge < -0.3 is 0 Å². The normalized spacial score (nSPS) is 12.2. The molecule has 0 aliphatic carbocycles. The van der Waals surface area contributed by atoms with Crippen LogP contribution in [-0.2, 0) is 0 Å². The fourth-order valence-corrected chi connectivity index (χ4v) is 3.47. The summed E-state index contributed by atoms with van der Waals surface area (Å²) in [5, 5.41) is 6.66. The number of aromatic nitrogens is 1. The standard InChI is InChI=1S/C20H20FN3S/c1-4-22-20-24(23-12-17-6-5-14(2)11-15(17)3)19(13-25-20)16-7-9-18(21)10-8-16/h5-13H,4H2,1-3H3. The van der Waals surface area contributed by atoms with E-state index in [0.717, 1.165) is 21.6 Å². The molecule has 0 saturated carbocycles. The van der Waals surface area contributed by atoms with Gasteiger partial charge in [0.1, 0.15) is 5.82 Å². The van der Waals surface area contributed by atoms with E-state index in [1.807, 2.05) is 23.2 Å². The second-order valence-corrected chi connectivity index (χ2v) is 6.64. The summed E-state index contributed by atoms with van der Waals surface area (Å²) in [6, 6.07) is 12.7. The van der Waals surface area contributed by atoms with Gasteiger partial charge in [0.05, 0.1) is 11.9 Å². The van der Waals surface area contributed by atoms with Crippen LogP contribution >= 0.6 is 11.3 Å². The van der Waals surface area contributed by atoms with Crippen molar-refractivity contribution in [3.8, 4) is 11.3 Å². The number of aryl methyl sites for hydroxylation is 2. The fourth-order valence-electron chi connectivity index (χ4n) is 2.56. The van der Waals surface area contributed by atoms with Crippen LogP contribution in [0.1, 0.15) is 23.6 Å². The maximum Gasteiger partial charge on any atom is 0.206 e. The lowest BCUT2D eigenvalue weighted by Crippen LogP contribution is -2.12. The largest absolute Gasteiger partial charge is 0.258 e. The van der Waals surface area contributed by atoms with E-state index in [1.165, 1.54) is 34.6 Å². The molecule has 1 heterocycles. The average molecular weight is 353 g/mol. The molecule has 3 nitrogen and oxygen atoms in total. The van der Waals surface area contributed by atoms with Crippen molar-refractivity contribution in [1.29, 1.82) is 0 Å². The van der Waals surface area contributed by atoms with E-state index in [-0.39, 0.29) is 5.82 Å². The summed E-state index contributed by atoms with van der Waals surface area (Å²) in [5.41, 5.74) is 5.28. The molecule has 2 aromatic carbocycles. The predicted octanol–water partition coefficient (Wildman–Crippen LogP) is 4.78. The quantitative estimate of drug-likeness (QED) is 0.605. The Balaban J connectivity index is 2.07. The molecule has 3 rings (SSSR count). The maximum atomic E-state index is 13.2. The Morgan fingerprint density at radius 1 is 1.12 bits per heavy atom. The third-order valence-corrected chi connectivity index (χ3v) is 4.71. The first kappa shape index (κ1) is 17.3. The van der Waals surface area contributed by atoms with Crippen molar-refractivity contribution in [3.05, 3.63) is 75.2 Å². The molecule has 3 aromatic rings. The number of halogens is 1. The SMILES string of the molecule is CCN=c1scc(-c2ccc(F)cc2)n1N=Cc1ccc(C)cc1C. The van der Waals surface area contributed by atoms with Gasteiger partial charge in [-0.05, 0) is 56.2 Å². The van der Waals surface area contributed by atoms with Crippen molar-refractivity contribution in [1.82, 2.24) is 4.68 Å². The summed E-state index contributed by atoms with van der Waals surface area (Å²) in [4.78, 5) is 5.33. The number of rotatable bonds is 4. The van der Waals surface area contributed by atoms with E-state index in [1.54, 1.807) is 12.1 Å². The summed E-state index contributed by atoms with van der Waals surface area (Å²) in [6.07, 6.45) is 1.85. The fraction of sp³-hybridized carbons (Fsp3) is 0.200. The molecular weight excluding hydrogens is 333 g/mol. The first-order chi connectivity index (χ1) is 12.1. The van der Waals surface area contributed by atoms with Gasteiger partial charge in [0, 0.05) is 17.5 Å². The van der Waals surface area contributed by atoms with Crippen LogP contribution in [-0.4, -0.2) is 17.4 Å². The molecule has 5 heteroatoms. The molecule has 0 fully saturated rings. The predicted molar refractivity (Wildman–Crippen MR) is 103 cm³/mol. The molecule has 0 atom stereocenters. The second-order valence-electron chi connectivity index (χ2n) is 5.80. The molecule has 128 valence electrons. The zero-order valence-corrected chi connectivity index (χ0v) is 15.3. The topological polar surface area (TPSA) is 29.6 Å².